The van der Waals surface area contributed by atoms with Gasteiger partial charge in [-0.15, -0.1) is 47.1 Å². The van der Waals surface area contributed by atoms with E-state index in [1.165, 1.54) is 26.5 Å². The van der Waals surface area contributed by atoms with Crippen LogP contribution in [-0.2, 0) is 24.3 Å². The predicted molar refractivity (Wildman–Crippen MR) is 135 cm³/mol. The van der Waals surface area contributed by atoms with Crippen LogP contribution in [0.1, 0.15) is 28.5 Å². The molecule has 0 saturated carbocycles. The average molecular weight is 545 g/mol. The molecule has 29 heavy (non-hydrogen) atoms. The number of carbonyl (C=O) groups is 1. The summed E-state index contributed by atoms with van der Waals surface area (Å²) < 4.78 is 0. The Balaban J connectivity index is 0.00000300. The molecule has 2 aromatic rings. The maximum Gasteiger partial charge on any atom is 0.242 e. The van der Waals surface area contributed by atoms with Crippen molar-refractivity contribution in [2.24, 2.45) is 4.99 Å². The number of nitrogens with zero attached hydrogens (tertiary/aromatic N) is 2. The summed E-state index contributed by atoms with van der Waals surface area (Å²) in [5, 5.41) is 8.54. The van der Waals surface area contributed by atoms with Gasteiger partial charge in [0.05, 0.1) is 13.1 Å². The quantitative estimate of drug-likeness (QED) is 0.250. The zero-order chi connectivity index (χ0) is 19.9. The molecule has 1 aromatic carbocycles. The Morgan fingerprint density at radius 1 is 1.31 bits per heavy atom. The number of thioether (sulfide) groups is 1. The molecule has 158 valence electrons. The van der Waals surface area contributed by atoms with E-state index in [4.69, 9.17) is 0 Å². The molecule has 0 atom stereocenters. The maximum absolute atomic E-state index is 12.6. The molecular weight excluding hydrogens is 515 g/mol. The van der Waals surface area contributed by atoms with Gasteiger partial charge in [0.1, 0.15) is 0 Å². The van der Waals surface area contributed by atoms with Crippen molar-refractivity contribution in [3.63, 3.8) is 0 Å². The lowest BCUT2D eigenvalue weighted by Crippen LogP contribution is -2.45. The molecule has 0 aliphatic carbocycles. The van der Waals surface area contributed by atoms with Crippen molar-refractivity contribution in [1.29, 1.82) is 0 Å². The van der Waals surface area contributed by atoms with Crippen LogP contribution in [0.25, 0.3) is 0 Å². The third-order valence-corrected chi connectivity index (χ3v) is 6.60. The van der Waals surface area contributed by atoms with Crippen LogP contribution in [-0.4, -0.2) is 42.7 Å². The highest BCUT2D eigenvalue weighted by Gasteiger charge is 2.21. The van der Waals surface area contributed by atoms with E-state index in [2.05, 4.69) is 58.5 Å². The first-order valence-corrected chi connectivity index (χ1v) is 11.7. The lowest BCUT2D eigenvalue weighted by molar-refractivity contribution is -0.130. The highest BCUT2D eigenvalue weighted by molar-refractivity contribution is 14.0. The summed E-state index contributed by atoms with van der Waals surface area (Å²) in [5.74, 6) is 0.791. The van der Waals surface area contributed by atoms with Crippen LogP contribution in [0.4, 0.5) is 0 Å². The lowest BCUT2D eigenvalue weighted by atomic mass is 10.1. The number of nitrogens with one attached hydrogen (secondary N) is 2. The summed E-state index contributed by atoms with van der Waals surface area (Å²) in [4.78, 5) is 21.9. The van der Waals surface area contributed by atoms with Gasteiger partial charge in [-0.2, -0.15) is 0 Å². The topological polar surface area (TPSA) is 56.7 Å². The Hall–Kier alpha value is -1.26. The Labute approximate surface area is 198 Å². The molecule has 1 aliphatic heterocycles. The molecule has 2 heterocycles. The number of guanidine groups is 1. The number of rotatable bonds is 6. The summed E-state index contributed by atoms with van der Waals surface area (Å²) in [5.41, 5.74) is 3.74. The number of aryl methyl sites for hydroxylation is 1. The van der Waals surface area contributed by atoms with Gasteiger partial charge in [0, 0.05) is 29.4 Å². The second kappa shape index (κ2) is 11.8. The number of hydrogen-bond acceptors (Lipinski definition) is 4. The van der Waals surface area contributed by atoms with Crippen LogP contribution < -0.4 is 10.6 Å². The maximum atomic E-state index is 12.6. The van der Waals surface area contributed by atoms with E-state index in [1.807, 2.05) is 11.8 Å². The van der Waals surface area contributed by atoms with Crippen molar-refractivity contribution >= 4 is 58.9 Å². The second-order valence-electron chi connectivity index (χ2n) is 6.80. The number of benzene rings is 1. The van der Waals surface area contributed by atoms with Crippen molar-refractivity contribution in [2.45, 2.75) is 38.3 Å². The summed E-state index contributed by atoms with van der Waals surface area (Å²) in [7, 11) is 0. The Morgan fingerprint density at radius 3 is 2.90 bits per heavy atom. The largest absolute Gasteiger partial charge is 0.357 e. The number of amides is 1. The smallest absolute Gasteiger partial charge is 0.242 e. The highest BCUT2D eigenvalue weighted by Crippen LogP contribution is 2.24. The molecule has 0 fully saturated rings. The van der Waals surface area contributed by atoms with Crippen molar-refractivity contribution in [3.05, 3.63) is 51.2 Å². The first-order valence-electron chi connectivity index (χ1n) is 9.59. The molecule has 0 bridgehead atoms. The van der Waals surface area contributed by atoms with Gasteiger partial charge in [-0.05, 0) is 60.7 Å². The molecule has 0 saturated heterocycles. The average Bonchev–Trinajstić information content (AvgIpc) is 3.18. The molecular formula is C21H29IN4OS2. The number of fused-ring (bicyclic) bond motifs is 1. The van der Waals surface area contributed by atoms with Gasteiger partial charge < -0.3 is 15.5 Å². The van der Waals surface area contributed by atoms with Crippen molar-refractivity contribution in [1.82, 2.24) is 15.5 Å². The Bertz CT molecular complexity index is 853. The zero-order valence-electron chi connectivity index (χ0n) is 17.2. The van der Waals surface area contributed by atoms with E-state index in [9.17, 15) is 4.79 Å². The van der Waals surface area contributed by atoms with Gasteiger partial charge in [0.2, 0.25) is 5.91 Å². The molecule has 0 spiro atoms. The van der Waals surface area contributed by atoms with Crippen LogP contribution in [0.15, 0.2) is 39.5 Å². The number of halogens is 1. The summed E-state index contributed by atoms with van der Waals surface area (Å²) in [6.45, 7) is 7.24. The molecule has 1 aliphatic rings. The van der Waals surface area contributed by atoms with E-state index < -0.39 is 0 Å². The normalized spacial score (nSPS) is 13.5. The third kappa shape index (κ3) is 6.62. The molecule has 5 nitrogen and oxygen atoms in total. The number of carbonyl (C=O) groups excluding carboxylic acids is 1. The molecule has 1 aromatic heterocycles. The molecule has 0 radical (unpaired) electrons. The van der Waals surface area contributed by atoms with Crippen molar-refractivity contribution in [3.8, 4) is 0 Å². The van der Waals surface area contributed by atoms with Gasteiger partial charge in [0.15, 0.2) is 5.96 Å². The first kappa shape index (κ1) is 24.0. The molecule has 8 heteroatoms. The predicted octanol–water partition coefficient (Wildman–Crippen LogP) is 4.04. The minimum Gasteiger partial charge on any atom is -0.357 e. The van der Waals surface area contributed by atoms with Crippen LogP contribution in [0, 0.1) is 6.92 Å². The van der Waals surface area contributed by atoms with E-state index in [0.717, 1.165) is 19.5 Å². The molecule has 1 amide bonds. The number of thiophene rings is 1. The number of hydrogen-bond donors (Lipinski definition) is 2. The van der Waals surface area contributed by atoms with Gasteiger partial charge in [-0.3, -0.25) is 4.79 Å². The summed E-state index contributed by atoms with van der Waals surface area (Å²) in [6, 6.07) is 8.56. The zero-order valence-corrected chi connectivity index (χ0v) is 21.1. The molecule has 2 N–H and O–H groups in total. The highest BCUT2D eigenvalue weighted by atomic mass is 127. The Morgan fingerprint density at radius 2 is 2.14 bits per heavy atom. The van der Waals surface area contributed by atoms with E-state index in [1.54, 1.807) is 23.1 Å². The minimum atomic E-state index is 0. The van der Waals surface area contributed by atoms with Crippen LogP contribution in [0.5, 0.6) is 0 Å². The lowest BCUT2D eigenvalue weighted by Gasteiger charge is -2.27. The van der Waals surface area contributed by atoms with Crippen LogP contribution >= 0.6 is 47.1 Å². The van der Waals surface area contributed by atoms with Gasteiger partial charge >= 0.3 is 0 Å². The minimum absolute atomic E-state index is 0. The summed E-state index contributed by atoms with van der Waals surface area (Å²) in [6.07, 6.45) is 3.04. The molecule has 0 unspecified atom stereocenters. The van der Waals surface area contributed by atoms with Crippen molar-refractivity contribution < 1.29 is 4.79 Å². The summed E-state index contributed by atoms with van der Waals surface area (Å²) >= 11 is 3.52. The number of aliphatic imine (C=N–C) groups is 1. The second-order valence-corrected chi connectivity index (χ2v) is 8.65. The fourth-order valence-electron chi connectivity index (χ4n) is 3.22. The third-order valence-electron chi connectivity index (χ3n) is 4.76. The van der Waals surface area contributed by atoms with E-state index >= 15 is 0 Å². The monoisotopic (exact) mass is 544 g/mol. The van der Waals surface area contributed by atoms with E-state index in [0.29, 0.717) is 19.0 Å². The Kier molecular flexibility index (Phi) is 9.78. The van der Waals surface area contributed by atoms with Gasteiger partial charge in [-0.1, -0.05) is 12.1 Å². The van der Waals surface area contributed by atoms with Crippen LogP contribution in [0.3, 0.4) is 0 Å². The van der Waals surface area contributed by atoms with Gasteiger partial charge in [0.25, 0.3) is 0 Å². The first-order chi connectivity index (χ1) is 13.6. The SMILES string of the molecule is CCNC(=NCc1ccc(C)cc1SC)NCC(=O)N1CCc2sccc2C1.I. The van der Waals surface area contributed by atoms with Crippen molar-refractivity contribution in [2.75, 3.05) is 25.9 Å². The van der Waals surface area contributed by atoms with Crippen LogP contribution in [0.2, 0.25) is 0 Å². The fourth-order valence-corrected chi connectivity index (χ4v) is 4.81. The van der Waals surface area contributed by atoms with Gasteiger partial charge in [-0.25, -0.2) is 4.99 Å². The van der Waals surface area contributed by atoms with E-state index in [-0.39, 0.29) is 36.4 Å². The fraction of sp³-hybridized carbons (Fsp3) is 0.429. The molecule has 3 rings (SSSR count). The standard InChI is InChI=1S/C21H28N4OS2.HI/c1-4-22-21(23-12-16-6-5-15(2)11-19(16)27-3)24-13-20(26)25-9-7-18-17(14-25)8-10-28-18;/h5-6,8,10-11H,4,7,9,12-14H2,1-3H3,(H2,22,23,24);1H.